The Bertz CT molecular complexity index is 408. The lowest BCUT2D eigenvalue weighted by molar-refractivity contribution is -0.385. The van der Waals surface area contributed by atoms with Crippen LogP contribution in [0.15, 0.2) is 12.1 Å². The largest absolute Gasteiger partial charge is 0.328 e. The van der Waals surface area contributed by atoms with E-state index in [2.05, 4.69) is 0 Å². The minimum Gasteiger partial charge on any atom is -0.328 e. The third-order valence-corrected chi connectivity index (χ3v) is 2.19. The van der Waals surface area contributed by atoms with Crippen LogP contribution in [0.3, 0.4) is 0 Å². The second kappa shape index (κ2) is 4.98. The molecule has 0 fully saturated rings. The molecule has 0 saturated heterocycles. The zero-order chi connectivity index (χ0) is 12.3. The van der Waals surface area contributed by atoms with E-state index in [1.165, 1.54) is 0 Å². The Morgan fingerprint density at radius 2 is 2.00 bits per heavy atom. The maximum absolute atomic E-state index is 12.9. The molecule has 0 bridgehead atoms. The standard InChI is InChI=1S/C10H12F2N2O2/c1-6(13)2-3-7-4-8(11)9(12)5-10(7)14(15)16/h4-6H,2-3,13H2,1H3/t6-/m0/s1. The molecule has 0 aliphatic heterocycles. The van der Waals surface area contributed by atoms with Gasteiger partial charge in [-0.3, -0.25) is 10.1 Å². The number of hydrogen-bond acceptors (Lipinski definition) is 3. The van der Waals surface area contributed by atoms with Crippen molar-refractivity contribution in [2.75, 3.05) is 0 Å². The number of halogens is 2. The Morgan fingerprint density at radius 1 is 1.44 bits per heavy atom. The number of nitro benzene ring substituents is 1. The molecule has 88 valence electrons. The normalized spacial score (nSPS) is 12.5. The molecule has 1 aromatic rings. The molecule has 0 aromatic heterocycles. The average molecular weight is 230 g/mol. The van der Waals surface area contributed by atoms with Crippen molar-refractivity contribution in [3.8, 4) is 0 Å². The fourth-order valence-corrected chi connectivity index (χ4v) is 1.33. The van der Waals surface area contributed by atoms with Gasteiger partial charge in [0.2, 0.25) is 0 Å². The lowest BCUT2D eigenvalue weighted by atomic mass is 10.0. The van der Waals surface area contributed by atoms with Crippen molar-refractivity contribution in [2.24, 2.45) is 5.73 Å². The van der Waals surface area contributed by atoms with Gasteiger partial charge in [0.05, 0.1) is 11.0 Å². The molecule has 0 unspecified atom stereocenters. The van der Waals surface area contributed by atoms with Crippen molar-refractivity contribution in [1.82, 2.24) is 0 Å². The number of rotatable bonds is 4. The van der Waals surface area contributed by atoms with Crippen molar-refractivity contribution >= 4 is 5.69 Å². The summed E-state index contributed by atoms with van der Waals surface area (Å²) in [5.74, 6) is -2.29. The highest BCUT2D eigenvalue weighted by atomic mass is 19.2. The van der Waals surface area contributed by atoms with Crippen molar-refractivity contribution in [1.29, 1.82) is 0 Å². The molecule has 16 heavy (non-hydrogen) atoms. The molecular weight excluding hydrogens is 218 g/mol. The van der Waals surface area contributed by atoms with Gasteiger partial charge in [-0.15, -0.1) is 0 Å². The lowest BCUT2D eigenvalue weighted by Crippen LogP contribution is -2.15. The van der Waals surface area contributed by atoms with Crippen LogP contribution in [0.2, 0.25) is 0 Å². The molecule has 1 aromatic carbocycles. The fraction of sp³-hybridized carbons (Fsp3) is 0.400. The summed E-state index contributed by atoms with van der Waals surface area (Å²) in [6.07, 6.45) is 0.733. The monoisotopic (exact) mass is 230 g/mol. The number of aryl methyl sites for hydroxylation is 1. The quantitative estimate of drug-likeness (QED) is 0.636. The van der Waals surface area contributed by atoms with Gasteiger partial charge in [0, 0.05) is 11.6 Å². The Morgan fingerprint density at radius 3 is 2.50 bits per heavy atom. The highest BCUT2D eigenvalue weighted by Crippen LogP contribution is 2.23. The topological polar surface area (TPSA) is 69.2 Å². The summed E-state index contributed by atoms with van der Waals surface area (Å²) < 4.78 is 25.7. The highest BCUT2D eigenvalue weighted by Gasteiger charge is 2.18. The maximum atomic E-state index is 12.9. The predicted molar refractivity (Wildman–Crippen MR) is 55.0 cm³/mol. The molecule has 0 saturated carbocycles. The van der Waals surface area contributed by atoms with Crippen molar-refractivity contribution in [3.05, 3.63) is 39.4 Å². The van der Waals surface area contributed by atoms with Gasteiger partial charge in [0.1, 0.15) is 0 Å². The molecular formula is C10H12F2N2O2. The van der Waals surface area contributed by atoms with Crippen molar-refractivity contribution < 1.29 is 13.7 Å². The molecule has 0 aliphatic rings. The van der Waals surface area contributed by atoms with Gasteiger partial charge in [-0.2, -0.15) is 0 Å². The van der Waals surface area contributed by atoms with Crippen LogP contribution < -0.4 is 5.73 Å². The van der Waals surface area contributed by atoms with Gasteiger partial charge in [-0.1, -0.05) is 0 Å². The first kappa shape index (κ1) is 12.5. The van der Waals surface area contributed by atoms with E-state index in [1.54, 1.807) is 6.92 Å². The van der Waals surface area contributed by atoms with Gasteiger partial charge in [-0.25, -0.2) is 8.78 Å². The van der Waals surface area contributed by atoms with Gasteiger partial charge >= 0.3 is 0 Å². The summed E-state index contributed by atoms with van der Waals surface area (Å²) in [6.45, 7) is 1.74. The first-order valence-corrected chi connectivity index (χ1v) is 4.79. The molecule has 1 rings (SSSR count). The zero-order valence-corrected chi connectivity index (χ0v) is 8.74. The average Bonchev–Trinajstić information content (AvgIpc) is 2.18. The number of nitrogens with zero attached hydrogens (tertiary/aromatic N) is 1. The summed E-state index contributed by atoms with van der Waals surface area (Å²) in [5, 5.41) is 10.6. The Labute approximate surface area is 91.2 Å². The molecule has 0 aliphatic carbocycles. The molecule has 0 spiro atoms. The molecule has 0 amide bonds. The van der Waals surface area contributed by atoms with Gasteiger partial charge in [-0.05, 0) is 25.8 Å². The summed E-state index contributed by atoms with van der Waals surface area (Å²) >= 11 is 0. The van der Waals surface area contributed by atoms with Crippen molar-refractivity contribution in [3.63, 3.8) is 0 Å². The first-order chi connectivity index (χ1) is 7.41. The van der Waals surface area contributed by atoms with E-state index in [0.717, 1.165) is 6.07 Å². The van der Waals surface area contributed by atoms with Crippen LogP contribution in [0.4, 0.5) is 14.5 Å². The SMILES string of the molecule is C[C@H](N)CCc1cc(F)c(F)cc1[N+](=O)[O-]. The minimum atomic E-state index is -1.21. The van der Waals surface area contributed by atoms with E-state index in [1.807, 2.05) is 0 Å². The Kier molecular flexibility index (Phi) is 3.89. The number of nitrogens with two attached hydrogens (primary N) is 1. The summed E-state index contributed by atoms with van der Waals surface area (Å²) in [6, 6.07) is 1.31. The summed E-state index contributed by atoms with van der Waals surface area (Å²) in [7, 11) is 0. The Balaban J connectivity index is 3.05. The first-order valence-electron chi connectivity index (χ1n) is 4.79. The van der Waals surface area contributed by atoms with Gasteiger partial charge in [0.25, 0.3) is 5.69 Å². The molecule has 0 heterocycles. The minimum absolute atomic E-state index is 0.146. The van der Waals surface area contributed by atoms with E-state index >= 15 is 0 Å². The molecule has 6 heteroatoms. The highest BCUT2D eigenvalue weighted by molar-refractivity contribution is 5.41. The van der Waals surface area contributed by atoms with Crippen LogP contribution in [0, 0.1) is 21.7 Å². The number of hydrogen-bond donors (Lipinski definition) is 1. The fourth-order valence-electron chi connectivity index (χ4n) is 1.33. The van der Waals surface area contributed by atoms with Crippen LogP contribution in [-0.4, -0.2) is 11.0 Å². The zero-order valence-electron chi connectivity index (χ0n) is 8.74. The molecule has 4 nitrogen and oxygen atoms in total. The van der Waals surface area contributed by atoms with Gasteiger partial charge < -0.3 is 5.73 Å². The Hall–Kier alpha value is -1.56. The second-order valence-corrected chi connectivity index (χ2v) is 3.67. The third-order valence-electron chi connectivity index (χ3n) is 2.19. The third kappa shape index (κ3) is 2.96. The molecule has 2 N–H and O–H groups in total. The van der Waals surface area contributed by atoms with Gasteiger partial charge in [0.15, 0.2) is 11.6 Å². The smallest absolute Gasteiger partial charge is 0.275 e. The summed E-state index contributed by atoms with van der Waals surface area (Å²) in [5.41, 5.74) is 5.26. The van der Waals surface area contributed by atoms with E-state index in [-0.39, 0.29) is 18.0 Å². The van der Waals surface area contributed by atoms with Crippen molar-refractivity contribution in [2.45, 2.75) is 25.8 Å². The predicted octanol–water partition coefficient (Wildman–Crippen LogP) is 2.15. The molecule has 1 atom stereocenters. The number of benzene rings is 1. The van der Waals surface area contributed by atoms with Crippen LogP contribution in [0.5, 0.6) is 0 Å². The van der Waals surface area contributed by atoms with Crippen LogP contribution in [-0.2, 0) is 6.42 Å². The van der Waals surface area contributed by atoms with Crippen LogP contribution >= 0.6 is 0 Å². The van der Waals surface area contributed by atoms with E-state index in [9.17, 15) is 18.9 Å². The lowest BCUT2D eigenvalue weighted by Gasteiger charge is -2.06. The molecule has 0 radical (unpaired) electrons. The van der Waals surface area contributed by atoms with E-state index in [0.29, 0.717) is 12.5 Å². The summed E-state index contributed by atoms with van der Waals surface area (Å²) in [4.78, 5) is 9.89. The van der Waals surface area contributed by atoms with E-state index in [4.69, 9.17) is 5.73 Å². The number of nitro groups is 1. The second-order valence-electron chi connectivity index (χ2n) is 3.67. The van der Waals surface area contributed by atoms with Crippen LogP contribution in [0.25, 0.3) is 0 Å². The van der Waals surface area contributed by atoms with E-state index < -0.39 is 22.2 Å². The maximum Gasteiger partial charge on any atom is 0.275 e. The van der Waals surface area contributed by atoms with Crippen LogP contribution in [0.1, 0.15) is 18.9 Å².